The van der Waals surface area contributed by atoms with E-state index in [-0.39, 0.29) is 10.9 Å². The highest BCUT2D eigenvalue weighted by Gasteiger charge is 2.36. The molecule has 0 bridgehead atoms. The quantitative estimate of drug-likeness (QED) is 0.795. The summed E-state index contributed by atoms with van der Waals surface area (Å²) < 4.78 is 0. The predicted octanol–water partition coefficient (Wildman–Crippen LogP) is 1.58. The number of amides is 1. The molecule has 3 unspecified atom stereocenters. The summed E-state index contributed by atoms with van der Waals surface area (Å²) >= 11 is 4.99. The third-order valence-electron chi connectivity index (χ3n) is 3.12. The number of nitrogens with one attached hydrogen (secondary N) is 1. The Morgan fingerprint density at radius 2 is 2.06 bits per heavy atom. The molecule has 1 aromatic carbocycles. The van der Waals surface area contributed by atoms with E-state index in [9.17, 15) is 4.79 Å². The molecule has 4 heteroatoms. The molecule has 2 rings (SSSR count). The van der Waals surface area contributed by atoms with Gasteiger partial charge in [-0.05, 0) is 17.9 Å². The van der Waals surface area contributed by atoms with Crippen molar-refractivity contribution in [2.75, 3.05) is 0 Å². The van der Waals surface area contributed by atoms with Crippen molar-refractivity contribution in [3.8, 4) is 0 Å². The maximum absolute atomic E-state index is 12.1. The Balaban J connectivity index is 2.12. The van der Waals surface area contributed by atoms with E-state index in [4.69, 9.17) is 18.0 Å². The second-order valence-electron chi connectivity index (χ2n) is 4.57. The Bertz CT molecular complexity index is 432. The highest BCUT2D eigenvalue weighted by atomic mass is 32.1. The second kappa shape index (κ2) is 4.84. The number of nitrogens with two attached hydrogens (primary N) is 1. The fourth-order valence-corrected chi connectivity index (χ4v) is 2.12. The normalized spacial score (nSPS) is 23.8. The standard InChI is InChI=1S/C13H16N2OS/c1-8-7-10(8)15-13(16)11(12(14)17)9-5-3-2-4-6-9/h2-6,8,10-11H,7H2,1H3,(H2,14,17)(H,15,16). The average molecular weight is 248 g/mol. The summed E-state index contributed by atoms with van der Waals surface area (Å²) in [5.74, 6) is -0.0289. The molecule has 1 aromatic rings. The molecule has 0 heterocycles. The fraction of sp³-hybridized carbons (Fsp3) is 0.385. The van der Waals surface area contributed by atoms with Crippen molar-refractivity contribution in [3.63, 3.8) is 0 Å². The van der Waals surface area contributed by atoms with E-state index in [1.165, 1.54) is 0 Å². The first kappa shape index (κ1) is 12.0. The van der Waals surface area contributed by atoms with Crippen LogP contribution in [0.4, 0.5) is 0 Å². The molecule has 3 nitrogen and oxygen atoms in total. The molecule has 0 aromatic heterocycles. The van der Waals surface area contributed by atoms with Gasteiger partial charge in [0, 0.05) is 6.04 Å². The van der Waals surface area contributed by atoms with Crippen LogP contribution in [0.1, 0.15) is 24.8 Å². The molecule has 3 atom stereocenters. The number of hydrogen-bond acceptors (Lipinski definition) is 2. The van der Waals surface area contributed by atoms with E-state index in [0.717, 1.165) is 12.0 Å². The lowest BCUT2D eigenvalue weighted by atomic mass is 9.98. The molecular weight excluding hydrogens is 232 g/mol. The van der Waals surface area contributed by atoms with Crippen LogP contribution in [-0.2, 0) is 4.79 Å². The Hall–Kier alpha value is -1.42. The van der Waals surface area contributed by atoms with Gasteiger partial charge in [-0.2, -0.15) is 0 Å². The van der Waals surface area contributed by atoms with Crippen molar-refractivity contribution in [2.45, 2.75) is 25.3 Å². The molecule has 1 aliphatic carbocycles. The van der Waals surface area contributed by atoms with Gasteiger partial charge in [0.2, 0.25) is 5.91 Å². The zero-order chi connectivity index (χ0) is 12.4. The summed E-state index contributed by atoms with van der Waals surface area (Å²) in [5.41, 5.74) is 6.52. The van der Waals surface area contributed by atoms with Crippen LogP contribution in [0.15, 0.2) is 30.3 Å². The van der Waals surface area contributed by atoms with Gasteiger partial charge < -0.3 is 11.1 Å². The summed E-state index contributed by atoms with van der Waals surface area (Å²) in [7, 11) is 0. The topological polar surface area (TPSA) is 55.1 Å². The molecule has 3 N–H and O–H groups in total. The number of rotatable bonds is 4. The fourth-order valence-electron chi connectivity index (χ4n) is 1.88. The number of hydrogen-bond donors (Lipinski definition) is 2. The largest absolute Gasteiger partial charge is 0.392 e. The van der Waals surface area contributed by atoms with Crippen molar-refractivity contribution < 1.29 is 4.79 Å². The number of carbonyl (C=O) groups excluding carboxylic acids is 1. The van der Waals surface area contributed by atoms with E-state index in [1.54, 1.807) is 0 Å². The minimum absolute atomic E-state index is 0.0851. The Kier molecular flexibility index (Phi) is 3.43. The number of benzene rings is 1. The summed E-state index contributed by atoms with van der Waals surface area (Å²) in [6.07, 6.45) is 1.05. The van der Waals surface area contributed by atoms with E-state index in [0.29, 0.717) is 12.0 Å². The smallest absolute Gasteiger partial charge is 0.234 e. The molecule has 0 saturated heterocycles. The van der Waals surface area contributed by atoms with Gasteiger partial charge in [0.05, 0.1) is 4.99 Å². The molecule has 1 saturated carbocycles. The lowest BCUT2D eigenvalue weighted by Crippen LogP contribution is -2.37. The van der Waals surface area contributed by atoms with Gasteiger partial charge in [0.15, 0.2) is 0 Å². The van der Waals surface area contributed by atoms with E-state index < -0.39 is 5.92 Å². The van der Waals surface area contributed by atoms with Gasteiger partial charge in [0.25, 0.3) is 0 Å². The van der Waals surface area contributed by atoms with Gasteiger partial charge in [-0.3, -0.25) is 4.79 Å². The van der Waals surface area contributed by atoms with Gasteiger partial charge in [-0.15, -0.1) is 0 Å². The molecular formula is C13H16N2OS. The zero-order valence-corrected chi connectivity index (χ0v) is 10.5. The maximum Gasteiger partial charge on any atom is 0.234 e. The van der Waals surface area contributed by atoms with Crippen LogP contribution in [0.2, 0.25) is 0 Å². The van der Waals surface area contributed by atoms with Crippen LogP contribution < -0.4 is 11.1 Å². The molecule has 90 valence electrons. The van der Waals surface area contributed by atoms with Crippen LogP contribution in [0.3, 0.4) is 0 Å². The Labute approximate surface area is 106 Å². The van der Waals surface area contributed by atoms with E-state index >= 15 is 0 Å². The van der Waals surface area contributed by atoms with Crippen LogP contribution in [0, 0.1) is 5.92 Å². The second-order valence-corrected chi connectivity index (χ2v) is 5.05. The lowest BCUT2D eigenvalue weighted by molar-refractivity contribution is -0.121. The van der Waals surface area contributed by atoms with Crippen LogP contribution in [0.5, 0.6) is 0 Å². The number of carbonyl (C=O) groups is 1. The van der Waals surface area contributed by atoms with Gasteiger partial charge in [-0.25, -0.2) is 0 Å². The molecule has 0 aliphatic heterocycles. The zero-order valence-electron chi connectivity index (χ0n) is 9.72. The van der Waals surface area contributed by atoms with E-state index in [1.807, 2.05) is 30.3 Å². The van der Waals surface area contributed by atoms with Gasteiger partial charge in [-0.1, -0.05) is 49.5 Å². The van der Waals surface area contributed by atoms with Crippen molar-refractivity contribution in [3.05, 3.63) is 35.9 Å². The highest BCUT2D eigenvalue weighted by molar-refractivity contribution is 7.80. The van der Waals surface area contributed by atoms with Crippen molar-refractivity contribution in [2.24, 2.45) is 11.7 Å². The lowest BCUT2D eigenvalue weighted by Gasteiger charge is -2.15. The molecule has 1 amide bonds. The van der Waals surface area contributed by atoms with Crippen LogP contribution in [0.25, 0.3) is 0 Å². The first-order valence-corrected chi connectivity index (χ1v) is 6.15. The first-order valence-electron chi connectivity index (χ1n) is 5.74. The highest BCUT2D eigenvalue weighted by Crippen LogP contribution is 2.30. The SMILES string of the molecule is CC1CC1NC(=O)C(C(N)=S)c1ccccc1. The summed E-state index contributed by atoms with van der Waals surface area (Å²) in [6.45, 7) is 2.11. The summed E-state index contributed by atoms with van der Waals surface area (Å²) in [5, 5.41) is 2.98. The van der Waals surface area contributed by atoms with Gasteiger partial charge in [0.1, 0.15) is 5.92 Å². The van der Waals surface area contributed by atoms with Crippen molar-refractivity contribution >= 4 is 23.1 Å². The van der Waals surface area contributed by atoms with Crippen LogP contribution in [-0.4, -0.2) is 16.9 Å². The molecule has 1 aliphatic rings. The van der Waals surface area contributed by atoms with Gasteiger partial charge >= 0.3 is 0 Å². The van der Waals surface area contributed by atoms with E-state index in [2.05, 4.69) is 12.2 Å². The molecule has 0 radical (unpaired) electrons. The summed E-state index contributed by atoms with van der Waals surface area (Å²) in [6, 6.07) is 9.71. The number of thiocarbonyl (C=S) groups is 1. The minimum Gasteiger partial charge on any atom is -0.392 e. The van der Waals surface area contributed by atoms with Crippen LogP contribution >= 0.6 is 12.2 Å². The monoisotopic (exact) mass is 248 g/mol. The maximum atomic E-state index is 12.1. The van der Waals surface area contributed by atoms with Crippen molar-refractivity contribution in [1.29, 1.82) is 0 Å². The molecule has 1 fully saturated rings. The Morgan fingerprint density at radius 3 is 2.53 bits per heavy atom. The van der Waals surface area contributed by atoms with Crippen molar-refractivity contribution in [1.82, 2.24) is 5.32 Å². The molecule has 17 heavy (non-hydrogen) atoms. The minimum atomic E-state index is -0.515. The Morgan fingerprint density at radius 1 is 1.47 bits per heavy atom. The third kappa shape index (κ3) is 2.82. The average Bonchev–Trinajstić information content (AvgIpc) is 2.95. The molecule has 0 spiro atoms. The summed E-state index contributed by atoms with van der Waals surface area (Å²) in [4.78, 5) is 12.3. The predicted molar refractivity (Wildman–Crippen MR) is 71.7 cm³/mol. The third-order valence-corrected chi connectivity index (χ3v) is 3.35. The first-order chi connectivity index (χ1) is 8.09.